The summed E-state index contributed by atoms with van der Waals surface area (Å²) in [6.45, 7) is 4.02. The van der Waals surface area contributed by atoms with E-state index in [1.54, 1.807) is 30.5 Å². The molecule has 0 spiro atoms. The molecule has 15 rings (SSSR count). The number of anilines is 5. The van der Waals surface area contributed by atoms with Crippen molar-refractivity contribution in [3.63, 3.8) is 0 Å². The SMILES string of the molecule is CCOC(=O)c1nnn(Cc2ccc(OC)cc2)c1CN(C)c1ccc2cc(Cl)ccc2c1.CN(Cc1n[nH]nc1C(=O)O)c1ccc2cc(Cl)ccc2c1.CNc1ccc2cc(Cl)ccc2c1.COc1ccc(Cn2nnc(C(=O)O)c2CN(C)c2ccc3cc(Cl)ccc3c2)cc1.Nc1ccc2cc(Cl)ccc2c1.O=C(O)C(F)(F)F. The lowest BCUT2D eigenvalue weighted by Crippen LogP contribution is -2.22. The summed E-state index contributed by atoms with van der Waals surface area (Å²) in [7, 11) is 10.9. The number of nitrogens with zero attached hydrogens (tertiary/aromatic N) is 11. The van der Waals surface area contributed by atoms with E-state index < -0.39 is 30.1 Å². The number of carboxylic acid groups (broad SMARTS) is 3. The third-order valence-electron chi connectivity index (χ3n) is 18.2. The molecule has 0 saturated heterocycles. The molecule has 0 unspecified atom stereocenters. The van der Waals surface area contributed by atoms with Gasteiger partial charge < -0.3 is 55.3 Å². The molecule has 0 fully saturated rings. The van der Waals surface area contributed by atoms with E-state index >= 15 is 0 Å². The Morgan fingerprint density at radius 1 is 0.458 bits per heavy atom. The van der Waals surface area contributed by atoms with Crippen LogP contribution in [0.4, 0.5) is 41.6 Å². The summed E-state index contributed by atoms with van der Waals surface area (Å²) in [4.78, 5) is 50.2. The summed E-state index contributed by atoms with van der Waals surface area (Å²) in [5, 5.41) is 69.8. The van der Waals surface area contributed by atoms with E-state index in [0.29, 0.717) is 64.9 Å². The summed E-state index contributed by atoms with van der Waals surface area (Å²) < 4.78 is 50.7. The van der Waals surface area contributed by atoms with Gasteiger partial charge in [-0.25, -0.2) is 28.5 Å². The number of carboxylic acids is 3. The molecule has 3 heterocycles. The van der Waals surface area contributed by atoms with Gasteiger partial charge >= 0.3 is 30.1 Å². The first-order valence-electron chi connectivity index (χ1n) is 35.9. The lowest BCUT2D eigenvalue weighted by Gasteiger charge is -2.21. The predicted octanol–water partition coefficient (Wildman–Crippen LogP) is 19.6. The number of carbonyl (C=O) groups is 4. The Balaban J connectivity index is 0.000000159. The quantitative estimate of drug-likeness (QED) is 0.0305. The number of aromatic nitrogens is 9. The maximum atomic E-state index is 12.6. The molecule has 0 atom stereocenters. The number of fused-ring (bicyclic) bond motifs is 5. The average Bonchev–Trinajstić information content (AvgIpc) is 1.46. The standard InChI is InChI=1S/C25H25ClN4O3.C23H21ClN4O3.C15H13ClN4O2.C11H10ClN.C10H8ClN.C2HF3O2/c1-4-33-25(31)24-23(30(28-27-24)15-17-5-11-22(32-3)12-6-17)16-29(2)21-10-8-18-13-20(26)9-7-19(18)14-21;1-27(19-8-6-16-11-18(24)7-5-17(16)12-19)14-21-22(23(29)30)25-26-28(21)13-15-3-9-20(31-2)10-4-15;1-20(8-13-14(15(21)22)18-19-17-13)12-5-3-9-6-11(16)4-2-10(9)7-12;1-13-11-5-3-8-6-10(12)4-2-9(8)7-11;11-9-3-1-8-6-10(12)4-2-7(8)5-9;3-2(4,5)1(6)7/h5-14H,4,15-16H2,1-3H3;3-12H,13-14H2,1-2H3,(H,29,30);2-7H,8H2,1H3,(H,21,22)(H,17,18,19);2-7,13H,1H3;1-6H,12H2;(H,6,7). The van der Waals surface area contributed by atoms with Gasteiger partial charge in [-0.15, -0.1) is 15.3 Å². The van der Waals surface area contributed by atoms with Crippen LogP contribution in [0.25, 0.3) is 53.9 Å². The van der Waals surface area contributed by atoms with Crippen LogP contribution in [0, 0.1) is 0 Å². The van der Waals surface area contributed by atoms with Crippen molar-refractivity contribution in [2.45, 2.75) is 45.8 Å². The number of ether oxygens (including phenoxy) is 3. The van der Waals surface area contributed by atoms with Crippen LogP contribution in [0.3, 0.4) is 0 Å². The molecule has 0 saturated carbocycles. The minimum absolute atomic E-state index is 0.0482. The average molecular weight is 1700 g/mol. The highest BCUT2D eigenvalue weighted by Crippen LogP contribution is 2.31. The van der Waals surface area contributed by atoms with Crippen LogP contribution in [0.1, 0.15) is 66.6 Å². The second-order valence-electron chi connectivity index (χ2n) is 26.3. The molecule has 0 radical (unpaired) electrons. The fourth-order valence-corrected chi connectivity index (χ4v) is 12.9. The number of hydrogen-bond acceptors (Lipinski definition) is 18. The summed E-state index contributed by atoms with van der Waals surface area (Å²) in [6.07, 6.45) is -5.08. The number of aromatic amines is 1. The van der Waals surface area contributed by atoms with Crippen LogP contribution in [0.5, 0.6) is 11.5 Å². The van der Waals surface area contributed by atoms with E-state index in [-0.39, 0.29) is 23.7 Å². The third-order valence-corrected chi connectivity index (χ3v) is 19.3. The summed E-state index contributed by atoms with van der Waals surface area (Å²) in [5.74, 6) is -3.89. The number of esters is 1. The number of nitrogens with two attached hydrogens (primary N) is 1. The van der Waals surface area contributed by atoms with Gasteiger partial charge in [0.15, 0.2) is 17.1 Å². The van der Waals surface area contributed by atoms with E-state index in [0.717, 1.165) is 104 Å². The molecule has 608 valence electrons. The number of halogens is 8. The zero-order valence-electron chi connectivity index (χ0n) is 64.4. The molecule has 0 aliphatic carbocycles. The van der Waals surface area contributed by atoms with Crippen molar-refractivity contribution < 1.29 is 61.9 Å². The Labute approximate surface area is 700 Å². The Kier molecular flexibility index (Phi) is 30.1. The first kappa shape index (κ1) is 87.5. The largest absolute Gasteiger partial charge is 0.497 e. The van der Waals surface area contributed by atoms with Crippen molar-refractivity contribution in [1.29, 1.82) is 0 Å². The van der Waals surface area contributed by atoms with Gasteiger partial charge in [-0.1, -0.05) is 153 Å². The number of hydrogen-bond donors (Lipinski definition) is 6. The second-order valence-corrected chi connectivity index (χ2v) is 28.5. The highest BCUT2D eigenvalue weighted by molar-refractivity contribution is 6.33. The molecule has 3 aromatic heterocycles. The van der Waals surface area contributed by atoms with Crippen molar-refractivity contribution >= 4 is 164 Å². The number of aromatic carboxylic acids is 2. The fourth-order valence-electron chi connectivity index (χ4n) is 12.0. The van der Waals surface area contributed by atoms with Crippen LogP contribution in [0.2, 0.25) is 25.1 Å². The van der Waals surface area contributed by atoms with Crippen LogP contribution >= 0.6 is 58.0 Å². The molecule has 24 nitrogen and oxygen atoms in total. The third kappa shape index (κ3) is 23.9. The van der Waals surface area contributed by atoms with Crippen molar-refractivity contribution in [3.8, 4) is 11.5 Å². The van der Waals surface area contributed by atoms with E-state index in [9.17, 15) is 32.7 Å². The summed E-state index contributed by atoms with van der Waals surface area (Å²) in [5.41, 5.74) is 14.1. The van der Waals surface area contributed by atoms with E-state index in [1.165, 1.54) is 10.8 Å². The molecule has 0 amide bonds. The van der Waals surface area contributed by atoms with Crippen LogP contribution in [-0.2, 0) is 42.3 Å². The molecule has 118 heavy (non-hydrogen) atoms. The van der Waals surface area contributed by atoms with Gasteiger partial charge in [0.2, 0.25) is 0 Å². The normalized spacial score (nSPS) is 10.8. The van der Waals surface area contributed by atoms with Gasteiger partial charge in [0.25, 0.3) is 0 Å². The Hall–Kier alpha value is -12.9. The van der Waals surface area contributed by atoms with Gasteiger partial charge in [0, 0.05) is 81.7 Å². The summed E-state index contributed by atoms with van der Waals surface area (Å²) in [6, 6.07) is 74.3. The summed E-state index contributed by atoms with van der Waals surface area (Å²) >= 11 is 29.9. The lowest BCUT2D eigenvalue weighted by atomic mass is 10.1. The second kappa shape index (κ2) is 40.6. The molecule has 15 aromatic rings. The topological polar surface area (TPSA) is 307 Å². The van der Waals surface area contributed by atoms with Gasteiger partial charge in [-0.2, -0.15) is 23.5 Å². The number of methoxy groups -OCH3 is 2. The Morgan fingerprint density at radius 2 is 0.797 bits per heavy atom. The molecule has 12 aromatic carbocycles. The minimum atomic E-state index is -5.08. The number of rotatable bonds is 20. The van der Waals surface area contributed by atoms with Gasteiger partial charge in [-0.05, 0) is 218 Å². The van der Waals surface area contributed by atoms with Crippen molar-refractivity contribution in [2.75, 3.05) is 74.8 Å². The van der Waals surface area contributed by atoms with Gasteiger partial charge in [0.1, 0.15) is 17.2 Å². The minimum Gasteiger partial charge on any atom is -0.497 e. The Morgan fingerprint density at radius 3 is 1.17 bits per heavy atom. The monoisotopic (exact) mass is 1700 g/mol. The van der Waals surface area contributed by atoms with E-state index in [1.807, 2.05) is 250 Å². The van der Waals surface area contributed by atoms with E-state index in [2.05, 4.69) is 64.5 Å². The molecule has 0 aliphatic rings. The molecule has 32 heteroatoms. The zero-order valence-corrected chi connectivity index (χ0v) is 68.2. The van der Waals surface area contributed by atoms with Crippen LogP contribution in [-0.4, -0.2) is 140 Å². The van der Waals surface area contributed by atoms with Crippen molar-refractivity contribution in [1.82, 2.24) is 45.4 Å². The highest BCUT2D eigenvalue weighted by Gasteiger charge is 2.38. The number of alkyl halides is 3. The number of carbonyl (C=O) groups excluding carboxylic acids is 1. The first-order chi connectivity index (χ1) is 56.4. The van der Waals surface area contributed by atoms with Gasteiger partial charge in [0.05, 0.1) is 64.9 Å². The predicted molar refractivity (Wildman–Crippen MR) is 459 cm³/mol. The smallest absolute Gasteiger partial charge is 0.490 e. The lowest BCUT2D eigenvalue weighted by molar-refractivity contribution is -0.192. The maximum absolute atomic E-state index is 12.6. The number of aliphatic carboxylic acids is 1. The zero-order chi connectivity index (χ0) is 84.9. The Bertz CT molecular complexity index is 6000. The molecule has 0 aliphatic heterocycles. The molecular formula is C86H78Cl5F3N14O10. The fraction of sp³-hybridized carbons (Fsp3) is 0.163. The number of benzene rings is 12. The van der Waals surface area contributed by atoms with Crippen LogP contribution in [0.15, 0.2) is 231 Å². The van der Waals surface area contributed by atoms with Gasteiger partial charge in [-0.3, -0.25) is 0 Å². The molecular weight excluding hydrogens is 1620 g/mol. The van der Waals surface area contributed by atoms with E-state index in [4.69, 9.17) is 93.0 Å². The van der Waals surface area contributed by atoms with Crippen molar-refractivity contribution in [3.05, 3.63) is 301 Å². The number of nitrogen functional groups attached to an aromatic ring is 1. The van der Waals surface area contributed by atoms with Crippen LogP contribution < -0.4 is 35.2 Å². The van der Waals surface area contributed by atoms with Crippen molar-refractivity contribution in [2.24, 2.45) is 0 Å². The first-order valence-corrected chi connectivity index (χ1v) is 37.8. The number of nitrogens with one attached hydrogen (secondary N) is 2. The molecule has 0 bridgehead atoms. The highest BCUT2D eigenvalue weighted by atomic mass is 35.5. The molecule has 7 N–H and O–H groups in total. The maximum Gasteiger partial charge on any atom is 0.490 e. The number of H-pyrrole nitrogens is 1.